The first kappa shape index (κ1) is 25.5. The van der Waals surface area contributed by atoms with Crippen LogP contribution in [0.25, 0.3) is 22.0 Å². The SMILES string of the molecule is COc1ccc(CNc2ncnc3c(-c4cccc(Cl)c4Cl)cc(NC(=O)OC(C)(C)C)cc23)cc1. The molecule has 0 aliphatic heterocycles. The van der Waals surface area contributed by atoms with E-state index in [4.69, 9.17) is 32.7 Å². The zero-order valence-corrected chi connectivity index (χ0v) is 21.9. The number of nitrogens with zero attached hydrogens (tertiary/aromatic N) is 2. The summed E-state index contributed by atoms with van der Waals surface area (Å²) in [4.78, 5) is 21.5. The number of nitrogens with one attached hydrogen (secondary N) is 2. The topological polar surface area (TPSA) is 85.4 Å². The van der Waals surface area contributed by atoms with Gasteiger partial charge in [0.05, 0.1) is 22.7 Å². The fourth-order valence-corrected chi connectivity index (χ4v) is 4.05. The van der Waals surface area contributed by atoms with Gasteiger partial charge in [0.2, 0.25) is 0 Å². The quantitative estimate of drug-likeness (QED) is 0.270. The molecular formula is C27H26Cl2N4O3. The number of fused-ring (bicyclic) bond motifs is 1. The van der Waals surface area contributed by atoms with E-state index < -0.39 is 11.7 Å². The van der Waals surface area contributed by atoms with Crippen molar-refractivity contribution in [3.05, 3.63) is 76.5 Å². The van der Waals surface area contributed by atoms with E-state index in [1.165, 1.54) is 6.33 Å². The molecule has 0 radical (unpaired) electrons. The van der Waals surface area contributed by atoms with E-state index in [0.717, 1.165) is 11.3 Å². The Kier molecular flexibility index (Phi) is 7.52. The third-order valence-corrected chi connectivity index (χ3v) is 6.06. The summed E-state index contributed by atoms with van der Waals surface area (Å²) in [6.07, 6.45) is 0.913. The first-order chi connectivity index (χ1) is 17.1. The molecule has 0 bridgehead atoms. The Morgan fingerprint density at radius 2 is 1.75 bits per heavy atom. The number of amides is 1. The van der Waals surface area contributed by atoms with Crippen molar-refractivity contribution in [3.63, 3.8) is 0 Å². The van der Waals surface area contributed by atoms with Crippen molar-refractivity contribution >= 4 is 51.7 Å². The minimum absolute atomic E-state index is 0.390. The highest BCUT2D eigenvalue weighted by Gasteiger charge is 2.19. The summed E-state index contributed by atoms with van der Waals surface area (Å²) in [5, 5.41) is 7.69. The molecule has 2 N–H and O–H groups in total. The molecule has 7 nitrogen and oxygen atoms in total. The van der Waals surface area contributed by atoms with E-state index in [0.29, 0.717) is 50.1 Å². The average molecular weight is 525 g/mol. The van der Waals surface area contributed by atoms with Gasteiger partial charge in [-0.2, -0.15) is 0 Å². The second-order valence-corrected chi connectivity index (χ2v) is 9.86. The van der Waals surface area contributed by atoms with Crippen molar-refractivity contribution in [2.24, 2.45) is 0 Å². The van der Waals surface area contributed by atoms with E-state index in [2.05, 4.69) is 20.6 Å². The molecule has 1 aromatic heterocycles. The van der Waals surface area contributed by atoms with Crippen molar-refractivity contribution in [2.75, 3.05) is 17.7 Å². The normalized spacial score (nSPS) is 11.3. The molecular weight excluding hydrogens is 499 g/mol. The maximum atomic E-state index is 12.5. The Hall–Kier alpha value is -3.55. The number of hydrogen-bond acceptors (Lipinski definition) is 6. The van der Waals surface area contributed by atoms with Crippen LogP contribution in [0.2, 0.25) is 10.0 Å². The number of rotatable bonds is 6. The van der Waals surface area contributed by atoms with E-state index in [1.54, 1.807) is 46.1 Å². The molecule has 0 atom stereocenters. The number of hydrogen-bond donors (Lipinski definition) is 2. The summed E-state index contributed by atoms with van der Waals surface area (Å²) >= 11 is 12.9. The molecule has 1 amide bonds. The van der Waals surface area contributed by atoms with Crippen LogP contribution in [0, 0.1) is 0 Å². The van der Waals surface area contributed by atoms with Crippen LogP contribution >= 0.6 is 23.2 Å². The van der Waals surface area contributed by atoms with Gasteiger partial charge in [-0.05, 0) is 56.7 Å². The minimum atomic E-state index is -0.645. The number of carbonyl (C=O) groups excluding carboxylic acids is 1. The third kappa shape index (κ3) is 5.98. The van der Waals surface area contributed by atoms with Gasteiger partial charge >= 0.3 is 6.09 Å². The molecule has 0 unspecified atom stereocenters. The van der Waals surface area contributed by atoms with Crippen molar-refractivity contribution in [3.8, 4) is 16.9 Å². The number of carbonyl (C=O) groups is 1. The van der Waals surface area contributed by atoms with Crippen LogP contribution in [0.3, 0.4) is 0 Å². The van der Waals surface area contributed by atoms with E-state index in [-0.39, 0.29) is 0 Å². The number of benzene rings is 3. The molecule has 36 heavy (non-hydrogen) atoms. The molecule has 0 saturated carbocycles. The second-order valence-electron chi connectivity index (χ2n) is 9.07. The predicted octanol–water partition coefficient (Wildman–Crippen LogP) is 7.57. The molecule has 4 rings (SSSR count). The molecule has 0 spiro atoms. The molecule has 0 aliphatic carbocycles. The zero-order chi connectivity index (χ0) is 25.9. The monoisotopic (exact) mass is 524 g/mol. The van der Waals surface area contributed by atoms with Crippen LogP contribution in [-0.2, 0) is 11.3 Å². The lowest BCUT2D eigenvalue weighted by molar-refractivity contribution is 0.0636. The molecule has 0 aliphatic rings. The van der Waals surface area contributed by atoms with E-state index >= 15 is 0 Å². The molecule has 0 fully saturated rings. The lowest BCUT2D eigenvalue weighted by Crippen LogP contribution is -2.27. The van der Waals surface area contributed by atoms with Gasteiger partial charge in [-0.1, -0.05) is 47.5 Å². The number of aromatic nitrogens is 2. The van der Waals surface area contributed by atoms with Gasteiger partial charge in [0.15, 0.2) is 0 Å². The Bertz CT molecular complexity index is 1400. The highest BCUT2D eigenvalue weighted by Crippen LogP contribution is 2.39. The van der Waals surface area contributed by atoms with Crippen molar-refractivity contribution in [1.29, 1.82) is 0 Å². The second kappa shape index (κ2) is 10.6. The molecule has 4 aromatic rings. The highest BCUT2D eigenvalue weighted by molar-refractivity contribution is 6.44. The largest absolute Gasteiger partial charge is 0.497 e. The minimum Gasteiger partial charge on any atom is -0.497 e. The number of halogens is 2. The van der Waals surface area contributed by atoms with Gasteiger partial charge in [-0.3, -0.25) is 5.32 Å². The summed E-state index contributed by atoms with van der Waals surface area (Å²) in [5.41, 5.74) is 2.94. The van der Waals surface area contributed by atoms with Crippen molar-refractivity contribution < 1.29 is 14.3 Å². The van der Waals surface area contributed by atoms with E-state index in [9.17, 15) is 4.79 Å². The fraction of sp³-hybridized carbons (Fsp3) is 0.222. The Morgan fingerprint density at radius 3 is 2.44 bits per heavy atom. The summed E-state index contributed by atoms with van der Waals surface area (Å²) in [5.74, 6) is 1.38. The van der Waals surface area contributed by atoms with E-state index in [1.807, 2.05) is 36.4 Å². The van der Waals surface area contributed by atoms with Gasteiger partial charge in [0.1, 0.15) is 23.5 Å². The van der Waals surface area contributed by atoms with Crippen LogP contribution in [0.1, 0.15) is 26.3 Å². The van der Waals surface area contributed by atoms with Gasteiger partial charge in [0.25, 0.3) is 0 Å². The van der Waals surface area contributed by atoms with Gasteiger partial charge < -0.3 is 14.8 Å². The predicted molar refractivity (Wildman–Crippen MR) is 145 cm³/mol. The fourth-order valence-electron chi connectivity index (χ4n) is 3.65. The van der Waals surface area contributed by atoms with Crippen LogP contribution in [-0.4, -0.2) is 28.8 Å². The van der Waals surface area contributed by atoms with Crippen LogP contribution in [0.5, 0.6) is 5.75 Å². The molecule has 186 valence electrons. The summed E-state index contributed by atoms with van der Waals surface area (Å²) in [6.45, 7) is 5.94. The van der Waals surface area contributed by atoms with Gasteiger partial charge in [-0.25, -0.2) is 14.8 Å². The smallest absolute Gasteiger partial charge is 0.412 e. The maximum absolute atomic E-state index is 12.5. The molecule has 0 saturated heterocycles. The standard InChI is InChI=1S/C27H26Cl2N4O3/c1-27(2,3)36-26(34)33-17-12-20(19-6-5-7-22(28)23(19)29)24-21(13-17)25(32-15-31-24)30-14-16-8-10-18(35-4)11-9-16/h5-13,15H,14H2,1-4H3,(H,33,34)(H,30,31,32). The average Bonchev–Trinajstić information content (AvgIpc) is 2.83. The lowest BCUT2D eigenvalue weighted by atomic mass is 10.0. The first-order valence-electron chi connectivity index (χ1n) is 11.2. The first-order valence-corrected chi connectivity index (χ1v) is 12.0. The summed E-state index contributed by atoms with van der Waals surface area (Å²) in [7, 11) is 1.63. The van der Waals surface area contributed by atoms with Gasteiger partial charge in [0, 0.05) is 28.7 Å². The van der Waals surface area contributed by atoms with Gasteiger partial charge in [-0.15, -0.1) is 0 Å². The Morgan fingerprint density at radius 1 is 1.00 bits per heavy atom. The number of anilines is 2. The number of ether oxygens (including phenoxy) is 2. The van der Waals surface area contributed by atoms with Crippen LogP contribution < -0.4 is 15.4 Å². The molecule has 3 aromatic carbocycles. The van der Waals surface area contributed by atoms with Crippen molar-refractivity contribution in [1.82, 2.24) is 9.97 Å². The summed E-state index contributed by atoms with van der Waals surface area (Å²) in [6, 6.07) is 16.7. The summed E-state index contributed by atoms with van der Waals surface area (Å²) < 4.78 is 10.7. The molecule has 1 heterocycles. The third-order valence-electron chi connectivity index (χ3n) is 5.24. The highest BCUT2D eigenvalue weighted by atomic mass is 35.5. The van der Waals surface area contributed by atoms with Crippen LogP contribution in [0.4, 0.5) is 16.3 Å². The Labute approximate surface area is 219 Å². The number of methoxy groups -OCH3 is 1. The van der Waals surface area contributed by atoms with Crippen molar-refractivity contribution in [2.45, 2.75) is 32.9 Å². The molecule has 9 heteroatoms. The van der Waals surface area contributed by atoms with Crippen LogP contribution in [0.15, 0.2) is 60.9 Å². The Balaban J connectivity index is 1.78. The zero-order valence-electron chi connectivity index (χ0n) is 20.4. The lowest BCUT2D eigenvalue weighted by Gasteiger charge is -2.20. The maximum Gasteiger partial charge on any atom is 0.412 e.